The van der Waals surface area contributed by atoms with E-state index < -0.39 is 11.6 Å². The normalized spacial score (nSPS) is 10.8. The molecule has 1 aromatic heterocycles. The number of hydrogen-bond acceptors (Lipinski definition) is 2. The fraction of sp³-hybridized carbons (Fsp3) is 0.250. The number of aryl methyl sites for hydroxylation is 2. The quantitative estimate of drug-likeness (QED) is 0.847. The summed E-state index contributed by atoms with van der Waals surface area (Å²) >= 11 is 9.09. The number of rotatable bonds is 3. The van der Waals surface area contributed by atoms with Crippen LogP contribution in [0.3, 0.4) is 0 Å². The minimum atomic E-state index is -0.654. The number of aromatic nitrogens is 2. The molecule has 19 heavy (non-hydrogen) atoms. The highest BCUT2D eigenvalue weighted by atomic mass is 79.9. The van der Waals surface area contributed by atoms with Gasteiger partial charge in [-0.2, -0.15) is 5.10 Å². The van der Waals surface area contributed by atoms with Gasteiger partial charge in [-0.25, -0.2) is 8.78 Å². The molecular weight excluding hydrogens is 340 g/mol. The molecule has 0 saturated carbocycles. The van der Waals surface area contributed by atoms with Crippen LogP contribution < -0.4 is 5.32 Å². The van der Waals surface area contributed by atoms with Crippen molar-refractivity contribution in [2.75, 3.05) is 5.32 Å². The predicted octanol–water partition coefficient (Wildman–Crippen LogP) is 4.03. The zero-order valence-corrected chi connectivity index (χ0v) is 12.6. The Morgan fingerprint density at radius 1 is 1.37 bits per heavy atom. The molecule has 102 valence electrons. The Kier molecular flexibility index (Phi) is 4.10. The Morgan fingerprint density at radius 3 is 2.63 bits per heavy atom. The van der Waals surface area contributed by atoms with E-state index in [4.69, 9.17) is 11.6 Å². The fourth-order valence-electron chi connectivity index (χ4n) is 1.72. The van der Waals surface area contributed by atoms with E-state index in [-0.39, 0.29) is 10.2 Å². The summed E-state index contributed by atoms with van der Waals surface area (Å²) < 4.78 is 28.4. The van der Waals surface area contributed by atoms with Crippen molar-refractivity contribution >= 4 is 33.2 Å². The highest BCUT2D eigenvalue weighted by Crippen LogP contribution is 2.25. The topological polar surface area (TPSA) is 29.9 Å². The van der Waals surface area contributed by atoms with Crippen molar-refractivity contribution in [2.45, 2.75) is 13.5 Å². The van der Waals surface area contributed by atoms with Crippen LogP contribution in [0.5, 0.6) is 0 Å². The maximum Gasteiger partial charge on any atom is 0.149 e. The van der Waals surface area contributed by atoms with E-state index in [1.54, 1.807) is 11.7 Å². The van der Waals surface area contributed by atoms with Crippen molar-refractivity contribution in [1.82, 2.24) is 9.78 Å². The van der Waals surface area contributed by atoms with Crippen LogP contribution in [-0.2, 0) is 13.6 Å². The third kappa shape index (κ3) is 2.90. The number of hydrogen-bond donors (Lipinski definition) is 1. The molecule has 0 aliphatic heterocycles. The third-order valence-electron chi connectivity index (χ3n) is 2.74. The average Bonchev–Trinajstić information content (AvgIpc) is 2.57. The minimum Gasteiger partial charge on any atom is -0.378 e. The largest absolute Gasteiger partial charge is 0.378 e. The summed E-state index contributed by atoms with van der Waals surface area (Å²) in [4.78, 5) is 0. The number of nitrogens with one attached hydrogen (secondary N) is 1. The molecule has 0 amide bonds. The van der Waals surface area contributed by atoms with Crippen molar-refractivity contribution in [3.05, 3.63) is 44.7 Å². The van der Waals surface area contributed by atoms with E-state index in [2.05, 4.69) is 26.3 Å². The Hall–Kier alpha value is -1.14. The van der Waals surface area contributed by atoms with Gasteiger partial charge in [-0.3, -0.25) is 4.68 Å². The number of anilines is 1. The zero-order chi connectivity index (χ0) is 14.2. The van der Waals surface area contributed by atoms with Crippen LogP contribution in [0.1, 0.15) is 11.3 Å². The Bertz CT molecular complexity index is 628. The van der Waals surface area contributed by atoms with Gasteiger partial charge in [0.15, 0.2) is 0 Å². The van der Waals surface area contributed by atoms with E-state index in [0.29, 0.717) is 11.7 Å². The first-order valence-corrected chi connectivity index (χ1v) is 6.63. The first kappa shape index (κ1) is 14.3. The van der Waals surface area contributed by atoms with E-state index in [1.165, 1.54) is 6.07 Å². The maximum absolute atomic E-state index is 13.6. The van der Waals surface area contributed by atoms with Crippen molar-refractivity contribution in [2.24, 2.45) is 7.05 Å². The molecule has 0 fully saturated rings. The summed E-state index contributed by atoms with van der Waals surface area (Å²) in [6.07, 6.45) is 0. The molecule has 1 N–H and O–H groups in total. The molecule has 1 aromatic carbocycles. The van der Waals surface area contributed by atoms with Crippen molar-refractivity contribution < 1.29 is 8.78 Å². The van der Waals surface area contributed by atoms with Gasteiger partial charge < -0.3 is 5.32 Å². The van der Waals surface area contributed by atoms with Crippen LogP contribution >= 0.6 is 27.5 Å². The molecule has 0 aliphatic carbocycles. The lowest BCUT2D eigenvalue weighted by Crippen LogP contribution is -2.03. The molecule has 7 heteroatoms. The Morgan fingerprint density at radius 2 is 2.05 bits per heavy atom. The van der Waals surface area contributed by atoms with Crippen LogP contribution in [-0.4, -0.2) is 9.78 Å². The van der Waals surface area contributed by atoms with Gasteiger partial charge in [0, 0.05) is 25.2 Å². The monoisotopic (exact) mass is 349 g/mol. The minimum absolute atomic E-state index is 0.199. The Balaban J connectivity index is 2.21. The van der Waals surface area contributed by atoms with Gasteiger partial charge >= 0.3 is 0 Å². The highest BCUT2D eigenvalue weighted by Gasteiger charge is 2.13. The second kappa shape index (κ2) is 5.46. The lowest BCUT2D eigenvalue weighted by molar-refractivity contribution is 0.580. The SMILES string of the molecule is Cc1nn(C)c(Cl)c1CNc1cc(Br)c(F)cc1F. The second-order valence-electron chi connectivity index (χ2n) is 4.08. The van der Waals surface area contributed by atoms with E-state index in [0.717, 1.165) is 17.3 Å². The van der Waals surface area contributed by atoms with E-state index in [9.17, 15) is 8.78 Å². The number of nitrogens with zero attached hydrogens (tertiary/aromatic N) is 2. The van der Waals surface area contributed by atoms with Crippen LogP contribution in [0, 0.1) is 18.6 Å². The summed E-state index contributed by atoms with van der Waals surface area (Å²) in [5, 5.41) is 7.53. The summed E-state index contributed by atoms with van der Waals surface area (Å²) in [5.74, 6) is -1.29. The molecule has 0 radical (unpaired) electrons. The molecule has 0 saturated heterocycles. The zero-order valence-electron chi connectivity index (χ0n) is 10.3. The lowest BCUT2D eigenvalue weighted by atomic mass is 10.2. The highest BCUT2D eigenvalue weighted by molar-refractivity contribution is 9.10. The van der Waals surface area contributed by atoms with Crippen LogP contribution in [0.2, 0.25) is 5.15 Å². The first-order valence-electron chi connectivity index (χ1n) is 5.46. The molecular formula is C12H11BrClF2N3. The van der Waals surface area contributed by atoms with Crippen molar-refractivity contribution in [3.63, 3.8) is 0 Å². The summed E-state index contributed by atoms with van der Waals surface area (Å²) in [7, 11) is 1.73. The standard InChI is InChI=1S/C12H11BrClF2N3/c1-6-7(12(14)19(2)18-6)5-17-11-3-8(13)9(15)4-10(11)16/h3-4,17H,5H2,1-2H3. The van der Waals surface area contributed by atoms with Gasteiger partial charge in [0.25, 0.3) is 0 Å². The fourth-order valence-corrected chi connectivity index (χ4v) is 2.30. The summed E-state index contributed by atoms with van der Waals surface area (Å²) in [6, 6.07) is 2.17. The average molecular weight is 351 g/mol. The smallest absolute Gasteiger partial charge is 0.149 e. The molecule has 0 bridgehead atoms. The molecule has 1 heterocycles. The first-order chi connectivity index (χ1) is 8.90. The van der Waals surface area contributed by atoms with Crippen LogP contribution in [0.15, 0.2) is 16.6 Å². The van der Waals surface area contributed by atoms with Gasteiger partial charge in [-0.1, -0.05) is 11.6 Å². The van der Waals surface area contributed by atoms with Gasteiger partial charge in [-0.15, -0.1) is 0 Å². The van der Waals surface area contributed by atoms with E-state index >= 15 is 0 Å². The Labute approximate surface area is 122 Å². The van der Waals surface area contributed by atoms with E-state index in [1.807, 2.05) is 6.92 Å². The molecule has 0 unspecified atom stereocenters. The molecule has 0 atom stereocenters. The van der Waals surface area contributed by atoms with Crippen molar-refractivity contribution in [1.29, 1.82) is 0 Å². The molecule has 2 rings (SSSR count). The second-order valence-corrected chi connectivity index (χ2v) is 5.29. The van der Waals surface area contributed by atoms with Gasteiger partial charge in [0.2, 0.25) is 0 Å². The van der Waals surface area contributed by atoms with Gasteiger partial charge in [0.1, 0.15) is 16.8 Å². The van der Waals surface area contributed by atoms with Gasteiger partial charge in [-0.05, 0) is 28.9 Å². The molecule has 2 aromatic rings. The maximum atomic E-state index is 13.6. The van der Waals surface area contributed by atoms with Crippen molar-refractivity contribution in [3.8, 4) is 0 Å². The number of halogens is 4. The lowest BCUT2D eigenvalue weighted by Gasteiger charge is -2.08. The molecule has 0 spiro atoms. The third-order valence-corrected chi connectivity index (χ3v) is 3.82. The van der Waals surface area contributed by atoms with Gasteiger partial charge in [0.05, 0.1) is 15.9 Å². The number of benzene rings is 1. The molecule has 0 aliphatic rings. The van der Waals surface area contributed by atoms with Crippen LogP contribution in [0.25, 0.3) is 0 Å². The molecule has 3 nitrogen and oxygen atoms in total. The van der Waals surface area contributed by atoms with Crippen LogP contribution in [0.4, 0.5) is 14.5 Å². The summed E-state index contributed by atoms with van der Waals surface area (Å²) in [6.45, 7) is 2.13. The predicted molar refractivity (Wildman–Crippen MR) is 74.3 cm³/mol. The summed E-state index contributed by atoms with van der Waals surface area (Å²) in [5.41, 5.74) is 1.75.